The van der Waals surface area contributed by atoms with Crippen molar-refractivity contribution < 1.29 is 13.5 Å². The molecule has 0 spiro atoms. The van der Waals surface area contributed by atoms with Gasteiger partial charge in [0.15, 0.2) is 0 Å². The highest BCUT2D eigenvalue weighted by Gasteiger charge is 2.34. The standard InChI is InChI=1S/C20H24N2O3S2/c1-14(27(24,25)22-10-4-5-15(12-22)13-23)16-8-9-20-18(11-16)21-17-6-2-3-7-19(17)26-20/h2-3,6-9,11,14-15,21,23H,4-5,10,12-13H2,1H3. The smallest absolute Gasteiger partial charge is 0.220 e. The fourth-order valence-electron chi connectivity index (χ4n) is 3.71. The maximum atomic E-state index is 13.1. The van der Waals surface area contributed by atoms with Crippen LogP contribution >= 0.6 is 11.8 Å². The lowest BCUT2D eigenvalue weighted by molar-refractivity contribution is 0.165. The summed E-state index contributed by atoms with van der Waals surface area (Å²) in [6.07, 6.45) is 1.69. The number of hydrogen-bond donors (Lipinski definition) is 2. The first-order valence-electron chi connectivity index (χ1n) is 9.26. The van der Waals surface area contributed by atoms with Gasteiger partial charge in [-0.1, -0.05) is 30.0 Å². The molecule has 5 nitrogen and oxygen atoms in total. The van der Waals surface area contributed by atoms with Gasteiger partial charge in [-0.25, -0.2) is 12.7 Å². The Morgan fingerprint density at radius 1 is 1.22 bits per heavy atom. The van der Waals surface area contributed by atoms with Gasteiger partial charge in [-0.2, -0.15) is 0 Å². The van der Waals surface area contributed by atoms with E-state index in [1.165, 1.54) is 4.90 Å². The first-order valence-corrected chi connectivity index (χ1v) is 11.6. The Morgan fingerprint density at radius 2 is 2.00 bits per heavy atom. The molecule has 0 radical (unpaired) electrons. The number of sulfonamides is 1. The van der Waals surface area contributed by atoms with Crippen LogP contribution in [0.25, 0.3) is 0 Å². The van der Waals surface area contributed by atoms with Gasteiger partial charge in [0, 0.05) is 29.5 Å². The molecule has 7 heteroatoms. The van der Waals surface area contributed by atoms with Crippen LogP contribution < -0.4 is 5.32 Å². The van der Waals surface area contributed by atoms with E-state index in [-0.39, 0.29) is 12.5 Å². The summed E-state index contributed by atoms with van der Waals surface area (Å²) in [7, 11) is -3.46. The van der Waals surface area contributed by atoms with E-state index >= 15 is 0 Å². The fourth-order valence-corrected chi connectivity index (χ4v) is 6.42. The van der Waals surface area contributed by atoms with Crippen molar-refractivity contribution in [3.05, 3.63) is 48.0 Å². The number of hydrogen-bond acceptors (Lipinski definition) is 5. The molecule has 0 bridgehead atoms. The number of piperidine rings is 1. The van der Waals surface area contributed by atoms with Crippen LogP contribution in [-0.2, 0) is 10.0 Å². The molecule has 2 N–H and O–H groups in total. The van der Waals surface area contributed by atoms with Gasteiger partial charge in [0.05, 0.1) is 16.6 Å². The van der Waals surface area contributed by atoms with Crippen molar-refractivity contribution in [1.82, 2.24) is 4.31 Å². The van der Waals surface area contributed by atoms with Gasteiger partial charge in [0.2, 0.25) is 10.0 Å². The van der Waals surface area contributed by atoms with Crippen molar-refractivity contribution in [3.63, 3.8) is 0 Å². The molecule has 2 aliphatic heterocycles. The highest BCUT2D eigenvalue weighted by atomic mass is 32.2. The summed E-state index contributed by atoms with van der Waals surface area (Å²) in [5, 5.41) is 12.2. The molecule has 1 fully saturated rings. The summed E-state index contributed by atoms with van der Waals surface area (Å²) in [5.74, 6) is 0.0406. The zero-order valence-corrected chi connectivity index (χ0v) is 16.9. The van der Waals surface area contributed by atoms with Crippen molar-refractivity contribution in [3.8, 4) is 0 Å². The van der Waals surface area contributed by atoms with E-state index < -0.39 is 15.3 Å². The minimum atomic E-state index is -3.46. The molecule has 4 rings (SSSR count). The second-order valence-corrected chi connectivity index (χ2v) is 10.6. The van der Waals surface area contributed by atoms with Crippen molar-refractivity contribution in [2.75, 3.05) is 25.0 Å². The lowest BCUT2D eigenvalue weighted by Crippen LogP contribution is -2.42. The number of aliphatic hydroxyl groups excluding tert-OH is 1. The minimum Gasteiger partial charge on any atom is -0.396 e. The Balaban J connectivity index is 1.59. The maximum absolute atomic E-state index is 13.1. The monoisotopic (exact) mass is 404 g/mol. The van der Waals surface area contributed by atoms with Gasteiger partial charge < -0.3 is 10.4 Å². The molecule has 27 heavy (non-hydrogen) atoms. The molecular weight excluding hydrogens is 380 g/mol. The zero-order chi connectivity index (χ0) is 19.0. The zero-order valence-electron chi connectivity index (χ0n) is 15.3. The van der Waals surface area contributed by atoms with Gasteiger partial charge in [-0.15, -0.1) is 0 Å². The quantitative estimate of drug-likeness (QED) is 0.688. The third-order valence-corrected chi connectivity index (χ3v) is 8.76. The molecule has 2 atom stereocenters. The fraction of sp³-hybridized carbons (Fsp3) is 0.400. The molecule has 0 aliphatic carbocycles. The van der Waals surface area contributed by atoms with E-state index in [4.69, 9.17) is 0 Å². The van der Waals surface area contributed by atoms with Gasteiger partial charge in [0.25, 0.3) is 0 Å². The molecule has 2 aromatic rings. The van der Waals surface area contributed by atoms with Crippen LogP contribution in [-0.4, -0.2) is 37.5 Å². The normalized spacial score (nSPS) is 21.0. The molecule has 2 heterocycles. The Kier molecular flexibility index (Phi) is 5.20. The number of fused-ring (bicyclic) bond motifs is 2. The summed E-state index contributed by atoms with van der Waals surface area (Å²) in [6.45, 7) is 2.74. The first kappa shape index (κ1) is 18.8. The summed E-state index contributed by atoms with van der Waals surface area (Å²) >= 11 is 1.69. The molecule has 0 saturated carbocycles. The van der Waals surface area contributed by atoms with Crippen molar-refractivity contribution in [2.45, 2.75) is 34.8 Å². The van der Waals surface area contributed by atoms with Crippen molar-refractivity contribution in [1.29, 1.82) is 0 Å². The molecule has 1 saturated heterocycles. The van der Waals surface area contributed by atoms with Crippen molar-refractivity contribution >= 4 is 33.2 Å². The topological polar surface area (TPSA) is 69.6 Å². The van der Waals surface area contributed by atoms with Crippen LogP contribution in [0.4, 0.5) is 11.4 Å². The number of nitrogens with one attached hydrogen (secondary N) is 1. The second-order valence-electron chi connectivity index (χ2n) is 7.21. The Labute approximate surface area is 164 Å². The average Bonchev–Trinajstić information content (AvgIpc) is 2.71. The number of benzene rings is 2. The molecule has 0 amide bonds. The number of para-hydroxylation sites is 1. The van der Waals surface area contributed by atoms with Gasteiger partial charge in [-0.05, 0) is 55.5 Å². The molecule has 2 unspecified atom stereocenters. The first-order chi connectivity index (χ1) is 13.0. The third-order valence-electron chi connectivity index (χ3n) is 5.40. The van der Waals surface area contributed by atoms with E-state index in [2.05, 4.69) is 11.4 Å². The van der Waals surface area contributed by atoms with Gasteiger partial charge >= 0.3 is 0 Å². The van der Waals surface area contributed by atoms with E-state index in [0.717, 1.165) is 34.7 Å². The Hall–Kier alpha value is -1.54. The van der Waals surface area contributed by atoms with E-state index in [9.17, 15) is 13.5 Å². The summed E-state index contributed by atoms with van der Waals surface area (Å²) in [5.41, 5.74) is 2.78. The average molecular weight is 405 g/mol. The lowest BCUT2D eigenvalue weighted by atomic mass is 10.0. The van der Waals surface area contributed by atoms with E-state index in [0.29, 0.717) is 13.1 Å². The highest BCUT2D eigenvalue weighted by Crippen LogP contribution is 2.45. The molecule has 2 aliphatic rings. The van der Waals surface area contributed by atoms with Gasteiger partial charge in [-0.3, -0.25) is 0 Å². The number of aliphatic hydroxyl groups is 1. The maximum Gasteiger partial charge on any atom is 0.220 e. The number of nitrogens with zero attached hydrogens (tertiary/aromatic N) is 1. The van der Waals surface area contributed by atoms with Crippen LogP contribution in [0.1, 0.15) is 30.6 Å². The van der Waals surface area contributed by atoms with Crippen LogP contribution in [0.15, 0.2) is 52.3 Å². The summed E-state index contributed by atoms with van der Waals surface area (Å²) in [6, 6.07) is 14.0. The second kappa shape index (κ2) is 7.47. The largest absolute Gasteiger partial charge is 0.396 e. The summed E-state index contributed by atoms with van der Waals surface area (Å²) in [4.78, 5) is 2.27. The Bertz CT molecular complexity index is 946. The highest BCUT2D eigenvalue weighted by molar-refractivity contribution is 7.99. The SMILES string of the molecule is CC(c1ccc2c(c1)Nc1ccccc1S2)S(=O)(=O)N1CCCC(CO)C1. The van der Waals surface area contributed by atoms with Crippen LogP contribution in [0.5, 0.6) is 0 Å². The van der Waals surface area contributed by atoms with Crippen LogP contribution in [0.3, 0.4) is 0 Å². The Morgan fingerprint density at radius 3 is 2.81 bits per heavy atom. The number of rotatable bonds is 4. The summed E-state index contributed by atoms with van der Waals surface area (Å²) < 4.78 is 27.8. The third kappa shape index (κ3) is 3.61. The molecule has 0 aromatic heterocycles. The minimum absolute atomic E-state index is 0.0406. The predicted octanol–water partition coefficient (Wildman–Crippen LogP) is 3.99. The number of anilines is 2. The van der Waals surface area contributed by atoms with Crippen LogP contribution in [0.2, 0.25) is 0 Å². The molecule has 144 valence electrons. The van der Waals surface area contributed by atoms with E-state index in [1.54, 1.807) is 23.0 Å². The lowest BCUT2D eigenvalue weighted by Gasteiger charge is -2.33. The molecular formula is C20H24N2O3S2. The van der Waals surface area contributed by atoms with E-state index in [1.807, 2.05) is 36.4 Å². The van der Waals surface area contributed by atoms with Crippen molar-refractivity contribution in [2.24, 2.45) is 5.92 Å². The van der Waals surface area contributed by atoms with Crippen LogP contribution in [0, 0.1) is 5.92 Å². The predicted molar refractivity (Wildman–Crippen MR) is 109 cm³/mol. The van der Waals surface area contributed by atoms with Gasteiger partial charge in [0.1, 0.15) is 0 Å². The molecule has 2 aromatic carbocycles.